The highest BCUT2D eigenvalue weighted by Gasteiger charge is 2.33. The molecule has 25 heavy (non-hydrogen) atoms. The second-order valence-corrected chi connectivity index (χ2v) is 6.43. The van der Waals surface area contributed by atoms with Crippen LogP contribution in [0.4, 0.5) is 16.2 Å². The first-order valence-corrected chi connectivity index (χ1v) is 8.56. The van der Waals surface area contributed by atoms with Gasteiger partial charge in [0.15, 0.2) is 0 Å². The highest BCUT2D eigenvalue weighted by Crippen LogP contribution is 2.36. The van der Waals surface area contributed by atoms with Crippen molar-refractivity contribution in [2.45, 2.75) is 18.6 Å². The summed E-state index contributed by atoms with van der Waals surface area (Å²) in [6.45, 7) is 3.34. The summed E-state index contributed by atoms with van der Waals surface area (Å²) in [5.74, 6) is 1.15. The average molecular weight is 344 g/mol. The van der Waals surface area contributed by atoms with Crippen LogP contribution in [0.5, 0.6) is 0 Å². The zero-order valence-corrected chi connectivity index (χ0v) is 13.9. The van der Waals surface area contributed by atoms with Crippen LogP contribution in [0.2, 0.25) is 0 Å². The number of rotatable bonds is 3. The van der Waals surface area contributed by atoms with Crippen LogP contribution in [-0.2, 0) is 4.74 Å². The summed E-state index contributed by atoms with van der Waals surface area (Å²) >= 11 is 0. The average Bonchev–Trinajstić information content (AvgIpc) is 3.04. The highest BCUT2D eigenvalue weighted by atomic mass is 19.1. The third-order valence-corrected chi connectivity index (χ3v) is 4.73. The van der Waals surface area contributed by atoms with Crippen LogP contribution in [0.1, 0.15) is 18.0 Å². The molecule has 0 unspecified atom stereocenters. The topological polar surface area (TPSA) is 61.7 Å². The number of ether oxygens (including phenoxy) is 1. The van der Waals surface area contributed by atoms with Crippen molar-refractivity contribution in [2.75, 3.05) is 42.6 Å². The molecule has 2 atom stereocenters. The molecule has 4 rings (SSSR count). The molecule has 1 N–H and O–H groups in total. The zero-order valence-electron chi connectivity index (χ0n) is 13.9. The molecule has 1 aromatic carbocycles. The van der Waals surface area contributed by atoms with Gasteiger partial charge in [-0.1, -0.05) is 12.1 Å². The number of aromatic nitrogens is 2. The lowest BCUT2D eigenvalue weighted by atomic mass is 10.0. The predicted molar refractivity (Wildman–Crippen MR) is 92.2 cm³/mol. The molecule has 3 heterocycles. The summed E-state index contributed by atoms with van der Waals surface area (Å²) in [5.41, 5.74) is 0.850. The summed E-state index contributed by atoms with van der Waals surface area (Å²) in [6, 6.07) is 8.29. The van der Waals surface area contributed by atoms with E-state index >= 15 is 0 Å². The maximum Gasteiger partial charge on any atom is 0.227 e. The highest BCUT2D eigenvalue weighted by molar-refractivity contribution is 5.48. The van der Waals surface area contributed by atoms with Crippen molar-refractivity contribution < 1.29 is 14.2 Å². The predicted octanol–water partition coefficient (Wildman–Crippen LogP) is 1.76. The second-order valence-electron chi connectivity index (χ2n) is 6.43. The molecule has 2 fully saturated rings. The largest absolute Gasteiger partial charge is 0.391 e. The Balaban J connectivity index is 1.63. The van der Waals surface area contributed by atoms with Crippen molar-refractivity contribution in [1.29, 1.82) is 0 Å². The van der Waals surface area contributed by atoms with E-state index < -0.39 is 6.10 Å². The van der Waals surface area contributed by atoms with Gasteiger partial charge in [0.05, 0.1) is 25.4 Å². The van der Waals surface area contributed by atoms with Crippen molar-refractivity contribution in [3.8, 4) is 0 Å². The first kappa shape index (κ1) is 16.2. The minimum absolute atomic E-state index is 0.0989. The van der Waals surface area contributed by atoms with Crippen LogP contribution in [-0.4, -0.2) is 54.0 Å². The Hall–Kier alpha value is -2.25. The lowest BCUT2D eigenvalue weighted by Crippen LogP contribution is -2.37. The molecule has 0 saturated carbocycles. The number of morpholine rings is 1. The summed E-state index contributed by atoms with van der Waals surface area (Å²) in [6.07, 6.45) is 1.83. The fourth-order valence-corrected chi connectivity index (χ4v) is 3.51. The van der Waals surface area contributed by atoms with Gasteiger partial charge in [-0.15, -0.1) is 0 Å². The molecular weight excluding hydrogens is 323 g/mol. The van der Waals surface area contributed by atoms with Gasteiger partial charge in [0, 0.05) is 25.8 Å². The van der Waals surface area contributed by atoms with Crippen LogP contribution in [0.15, 0.2) is 36.5 Å². The molecule has 0 spiro atoms. The minimum atomic E-state index is -0.463. The molecule has 6 nitrogen and oxygen atoms in total. The Labute approximate surface area is 145 Å². The summed E-state index contributed by atoms with van der Waals surface area (Å²) in [4.78, 5) is 13.2. The number of aliphatic hydroxyl groups is 1. The number of aliphatic hydroxyl groups excluding tert-OH is 1. The van der Waals surface area contributed by atoms with E-state index in [0.29, 0.717) is 32.1 Å². The fraction of sp³-hybridized carbons (Fsp3) is 0.444. The molecule has 0 bridgehead atoms. The summed E-state index contributed by atoms with van der Waals surface area (Å²) in [5, 5.41) is 10.2. The molecule has 2 aromatic rings. The molecular formula is C18H21FN4O2. The van der Waals surface area contributed by atoms with E-state index in [9.17, 15) is 9.50 Å². The molecule has 0 amide bonds. The van der Waals surface area contributed by atoms with Gasteiger partial charge >= 0.3 is 0 Å². The van der Waals surface area contributed by atoms with E-state index in [2.05, 4.69) is 9.88 Å². The molecule has 2 aliphatic rings. The van der Waals surface area contributed by atoms with E-state index in [4.69, 9.17) is 9.72 Å². The van der Waals surface area contributed by atoms with Crippen molar-refractivity contribution >= 4 is 11.8 Å². The number of halogens is 1. The van der Waals surface area contributed by atoms with Crippen molar-refractivity contribution in [3.63, 3.8) is 0 Å². The quantitative estimate of drug-likeness (QED) is 0.916. The lowest BCUT2D eigenvalue weighted by molar-refractivity contribution is 0.122. The Morgan fingerprint density at radius 1 is 1.20 bits per heavy atom. The molecule has 132 valence electrons. The van der Waals surface area contributed by atoms with Crippen molar-refractivity contribution in [2.24, 2.45) is 0 Å². The number of anilines is 2. The van der Waals surface area contributed by atoms with Gasteiger partial charge in [-0.25, -0.2) is 9.37 Å². The molecule has 2 aliphatic heterocycles. The van der Waals surface area contributed by atoms with Crippen molar-refractivity contribution in [3.05, 3.63) is 47.9 Å². The maximum atomic E-state index is 13.6. The molecule has 1 aromatic heterocycles. The first-order chi connectivity index (χ1) is 12.2. The second kappa shape index (κ2) is 6.93. The molecule has 0 radical (unpaired) electrons. The third kappa shape index (κ3) is 3.43. The Kier molecular flexibility index (Phi) is 4.50. The molecule has 2 saturated heterocycles. The van der Waals surface area contributed by atoms with Gasteiger partial charge < -0.3 is 19.6 Å². The SMILES string of the molecule is O[C@H]1C[C@H](c2cccc(F)c2)N(c2ccnc(N3CCOCC3)n2)C1. The van der Waals surface area contributed by atoms with Gasteiger partial charge in [0.2, 0.25) is 5.95 Å². The van der Waals surface area contributed by atoms with Gasteiger partial charge in [-0.3, -0.25) is 0 Å². The van der Waals surface area contributed by atoms with Crippen LogP contribution < -0.4 is 9.80 Å². The third-order valence-electron chi connectivity index (χ3n) is 4.73. The van der Waals surface area contributed by atoms with E-state index in [1.54, 1.807) is 12.3 Å². The van der Waals surface area contributed by atoms with E-state index in [1.807, 2.05) is 17.0 Å². The number of β-amino-alcohol motifs (C(OH)–C–C–N with tert-alkyl or cyclic N) is 1. The summed E-state index contributed by atoms with van der Waals surface area (Å²) in [7, 11) is 0. The molecule has 0 aliphatic carbocycles. The van der Waals surface area contributed by atoms with Crippen molar-refractivity contribution in [1.82, 2.24) is 9.97 Å². The van der Waals surface area contributed by atoms with Crippen LogP contribution in [0.25, 0.3) is 0 Å². The zero-order chi connectivity index (χ0) is 17.2. The van der Waals surface area contributed by atoms with E-state index in [0.717, 1.165) is 24.5 Å². The Morgan fingerprint density at radius 3 is 2.84 bits per heavy atom. The van der Waals surface area contributed by atoms with Gasteiger partial charge in [-0.05, 0) is 30.2 Å². The van der Waals surface area contributed by atoms with Gasteiger partial charge in [0.1, 0.15) is 11.6 Å². The normalized spacial score (nSPS) is 23.9. The fourth-order valence-electron chi connectivity index (χ4n) is 3.51. The number of hydrogen-bond donors (Lipinski definition) is 1. The Bertz CT molecular complexity index is 739. The van der Waals surface area contributed by atoms with E-state index in [1.165, 1.54) is 12.1 Å². The molecule has 7 heteroatoms. The Morgan fingerprint density at radius 2 is 2.04 bits per heavy atom. The number of hydrogen-bond acceptors (Lipinski definition) is 6. The van der Waals surface area contributed by atoms with E-state index in [-0.39, 0.29) is 11.9 Å². The lowest BCUT2D eigenvalue weighted by Gasteiger charge is -2.29. The summed E-state index contributed by atoms with van der Waals surface area (Å²) < 4.78 is 19.0. The van der Waals surface area contributed by atoms with Gasteiger partial charge in [-0.2, -0.15) is 4.98 Å². The van der Waals surface area contributed by atoms with Gasteiger partial charge in [0.25, 0.3) is 0 Å². The smallest absolute Gasteiger partial charge is 0.227 e. The minimum Gasteiger partial charge on any atom is -0.391 e. The standard InChI is InChI=1S/C18H21FN4O2/c19-14-3-1-2-13(10-14)16-11-15(24)12-23(16)17-4-5-20-18(21-17)22-6-8-25-9-7-22/h1-5,10,15-16,24H,6-9,11-12H2/t15-,16+/m0/s1. The van der Waals surface area contributed by atoms with Crippen LogP contribution >= 0.6 is 0 Å². The maximum absolute atomic E-state index is 13.6. The number of benzene rings is 1. The monoisotopic (exact) mass is 344 g/mol. The van der Waals surface area contributed by atoms with Crippen LogP contribution in [0, 0.1) is 5.82 Å². The first-order valence-electron chi connectivity index (χ1n) is 8.56. The van der Waals surface area contributed by atoms with Crippen LogP contribution in [0.3, 0.4) is 0 Å². The number of nitrogens with zero attached hydrogens (tertiary/aromatic N) is 4.